The molecular formula is C22H18F2. The molecule has 0 saturated heterocycles. The van der Waals surface area contributed by atoms with Gasteiger partial charge in [0.05, 0.1) is 0 Å². The van der Waals surface area contributed by atoms with E-state index in [9.17, 15) is 8.78 Å². The molecule has 0 aliphatic heterocycles. The van der Waals surface area contributed by atoms with Crippen LogP contribution in [0.25, 0.3) is 11.1 Å². The second-order valence-electron chi connectivity index (χ2n) is 5.59. The van der Waals surface area contributed by atoms with Crippen molar-refractivity contribution in [1.82, 2.24) is 0 Å². The smallest absolute Gasteiger partial charge is 0.123 e. The molecule has 0 N–H and O–H groups in total. The summed E-state index contributed by atoms with van der Waals surface area (Å²) >= 11 is 0. The van der Waals surface area contributed by atoms with Crippen LogP contribution in [-0.4, -0.2) is 0 Å². The number of rotatable bonds is 4. The van der Waals surface area contributed by atoms with E-state index >= 15 is 0 Å². The lowest BCUT2D eigenvalue weighted by Crippen LogP contribution is -1.95. The highest BCUT2D eigenvalue weighted by Gasteiger charge is 2.13. The molecule has 0 nitrogen and oxygen atoms in total. The highest BCUT2D eigenvalue weighted by atomic mass is 19.1. The normalized spacial score (nSPS) is 10.5. The van der Waals surface area contributed by atoms with Gasteiger partial charge in [-0.3, -0.25) is 0 Å². The molecule has 3 rings (SSSR count). The molecule has 0 atom stereocenters. The molecule has 24 heavy (non-hydrogen) atoms. The lowest BCUT2D eigenvalue weighted by molar-refractivity contribution is 0.627. The summed E-state index contributed by atoms with van der Waals surface area (Å²) in [5.74, 6) is -0.537. The minimum absolute atomic E-state index is 0.269. The predicted octanol–water partition coefficient (Wildman–Crippen LogP) is 6.33. The molecule has 0 fully saturated rings. The van der Waals surface area contributed by atoms with Crippen LogP contribution >= 0.6 is 0 Å². The standard InChI is InChI=1S/C22H18F2/c1-2-21(16-6-4-3-5-7-16)22(17-8-12-19(23)13-9-17)18-10-14-20(24)15-11-18/h3-15H,2H2,1H3. The first-order chi connectivity index (χ1) is 11.7. The first-order valence-electron chi connectivity index (χ1n) is 7.99. The fourth-order valence-corrected chi connectivity index (χ4v) is 2.91. The Morgan fingerprint density at radius 1 is 0.625 bits per heavy atom. The molecule has 120 valence electrons. The third-order valence-corrected chi connectivity index (χ3v) is 4.04. The van der Waals surface area contributed by atoms with E-state index in [1.165, 1.54) is 24.3 Å². The van der Waals surface area contributed by atoms with Gasteiger partial charge in [0.25, 0.3) is 0 Å². The molecule has 2 heteroatoms. The minimum atomic E-state index is -0.269. The van der Waals surface area contributed by atoms with Crippen molar-refractivity contribution in [3.8, 4) is 0 Å². The molecule has 0 spiro atoms. The quantitative estimate of drug-likeness (QED) is 0.492. The number of hydrogen-bond donors (Lipinski definition) is 0. The molecule has 0 aliphatic rings. The van der Waals surface area contributed by atoms with Gasteiger partial charge < -0.3 is 0 Å². The van der Waals surface area contributed by atoms with E-state index in [1.54, 1.807) is 24.3 Å². The second-order valence-corrected chi connectivity index (χ2v) is 5.59. The van der Waals surface area contributed by atoms with Crippen LogP contribution < -0.4 is 0 Å². The molecule has 0 radical (unpaired) electrons. The largest absolute Gasteiger partial charge is 0.207 e. The molecule has 3 aromatic carbocycles. The number of hydrogen-bond acceptors (Lipinski definition) is 0. The van der Waals surface area contributed by atoms with E-state index < -0.39 is 0 Å². The number of benzene rings is 3. The Morgan fingerprint density at radius 3 is 1.50 bits per heavy atom. The predicted molar refractivity (Wildman–Crippen MR) is 95.4 cm³/mol. The Bertz CT molecular complexity index is 782. The SMILES string of the molecule is CCC(=C(c1ccc(F)cc1)c1ccc(F)cc1)c1ccccc1. The van der Waals surface area contributed by atoms with Crippen LogP contribution in [0.5, 0.6) is 0 Å². The van der Waals surface area contributed by atoms with Gasteiger partial charge in [-0.05, 0) is 58.5 Å². The molecular weight excluding hydrogens is 302 g/mol. The van der Waals surface area contributed by atoms with Crippen molar-refractivity contribution in [3.05, 3.63) is 107 Å². The number of halogens is 2. The molecule has 0 heterocycles. The van der Waals surface area contributed by atoms with E-state index in [2.05, 4.69) is 19.1 Å². The molecule has 3 aromatic rings. The molecule has 0 aromatic heterocycles. The van der Waals surface area contributed by atoms with Gasteiger partial charge in [0, 0.05) is 0 Å². The van der Waals surface area contributed by atoms with E-state index in [0.717, 1.165) is 34.3 Å². The maximum atomic E-state index is 13.3. The molecule has 0 bridgehead atoms. The molecule has 0 unspecified atom stereocenters. The highest BCUT2D eigenvalue weighted by molar-refractivity contribution is 5.98. The van der Waals surface area contributed by atoms with Crippen molar-refractivity contribution < 1.29 is 8.78 Å². The molecule has 0 aliphatic carbocycles. The van der Waals surface area contributed by atoms with Crippen LogP contribution in [-0.2, 0) is 0 Å². The van der Waals surface area contributed by atoms with E-state index in [-0.39, 0.29) is 11.6 Å². The van der Waals surface area contributed by atoms with Gasteiger partial charge in [0.15, 0.2) is 0 Å². The third-order valence-electron chi connectivity index (χ3n) is 4.04. The van der Waals surface area contributed by atoms with Crippen LogP contribution in [0.1, 0.15) is 30.0 Å². The van der Waals surface area contributed by atoms with Gasteiger partial charge in [0.1, 0.15) is 11.6 Å². The van der Waals surface area contributed by atoms with Gasteiger partial charge in [-0.2, -0.15) is 0 Å². The summed E-state index contributed by atoms with van der Waals surface area (Å²) in [6, 6.07) is 23.0. The zero-order valence-electron chi connectivity index (χ0n) is 13.5. The van der Waals surface area contributed by atoms with Gasteiger partial charge in [-0.1, -0.05) is 61.5 Å². The second kappa shape index (κ2) is 7.22. The van der Waals surface area contributed by atoms with Crippen LogP contribution in [0.3, 0.4) is 0 Å². The Labute approximate surface area is 141 Å². The van der Waals surface area contributed by atoms with E-state index in [1.807, 2.05) is 18.2 Å². The Balaban J connectivity index is 2.26. The van der Waals surface area contributed by atoms with E-state index in [0.29, 0.717) is 0 Å². The van der Waals surface area contributed by atoms with Gasteiger partial charge in [0.2, 0.25) is 0 Å². The first-order valence-corrected chi connectivity index (χ1v) is 7.99. The van der Waals surface area contributed by atoms with Crippen molar-refractivity contribution in [1.29, 1.82) is 0 Å². The fourth-order valence-electron chi connectivity index (χ4n) is 2.91. The maximum absolute atomic E-state index is 13.3. The van der Waals surface area contributed by atoms with Crippen molar-refractivity contribution >= 4 is 11.1 Å². The van der Waals surface area contributed by atoms with Crippen LogP contribution in [0.4, 0.5) is 8.78 Å². The minimum Gasteiger partial charge on any atom is -0.207 e. The van der Waals surface area contributed by atoms with Crippen molar-refractivity contribution in [3.63, 3.8) is 0 Å². The summed E-state index contributed by atoms with van der Waals surface area (Å²) in [6.45, 7) is 2.09. The Kier molecular flexibility index (Phi) is 4.85. The van der Waals surface area contributed by atoms with Crippen LogP contribution in [0.2, 0.25) is 0 Å². The van der Waals surface area contributed by atoms with E-state index in [4.69, 9.17) is 0 Å². The lowest BCUT2D eigenvalue weighted by atomic mass is 9.88. The number of allylic oxidation sites excluding steroid dienone is 1. The van der Waals surface area contributed by atoms with Gasteiger partial charge in [-0.15, -0.1) is 0 Å². The summed E-state index contributed by atoms with van der Waals surface area (Å²) in [5, 5.41) is 0. The lowest BCUT2D eigenvalue weighted by Gasteiger charge is -2.16. The topological polar surface area (TPSA) is 0 Å². The summed E-state index contributed by atoms with van der Waals surface area (Å²) in [5.41, 5.74) is 5.11. The summed E-state index contributed by atoms with van der Waals surface area (Å²) in [6.07, 6.45) is 0.814. The summed E-state index contributed by atoms with van der Waals surface area (Å²) in [4.78, 5) is 0. The van der Waals surface area contributed by atoms with Crippen molar-refractivity contribution in [2.75, 3.05) is 0 Å². The average Bonchev–Trinajstić information content (AvgIpc) is 2.62. The first kappa shape index (κ1) is 16.1. The van der Waals surface area contributed by atoms with Gasteiger partial charge in [-0.25, -0.2) is 8.78 Å². The maximum Gasteiger partial charge on any atom is 0.123 e. The molecule has 0 amide bonds. The van der Waals surface area contributed by atoms with Crippen LogP contribution in [0, 0.1) is 11.6 Å². The Hall–Kier alpha value is -2.74. The zero-order chi connectivity index (χ0) is 16.9. The summed E-state index contributed by atoms with van der Waals surface area (Å²) in [7, 11) is 0. The Morgan fingerprint density at radius 2 is 1.08 bits per heavy atom. The zero-order valence-corrected chi connectivity index (χ0v) is 13.5. The van der Waals surface area contributed by atoms with Gasteiger partial charge >= 0.3 is 0 Å². The summed E-state index contributed by atoms with van der Waals surface area (Å²) < 4.78 is 26.7. The van der Waals surface area contributed by atoms with Crippen molar-refractivity contribution in [2.45, 2.75) is 13.3 Å². The average molecular weight is 320 g/mol. The molecule has 0 saturated carbocycles. The fraction of sp³-hybridized carbons (Fsp3) is 0.0909. The van der Waals surface area contributed by atoms with Crippen molar-refractivity contribution in [2.24, 2.45) is 0 Å². The monoisotopic (exact) mass is 320 g/mol. The third kappa shape index (κ3) is 3.43. The highest BCUT2D eigenvalue weighted by Crippen LogP contribution is 2.34. The van der Waals surface area contributed by atoms with Crippen LogP contribution in [0.15, 0.2) is 78.9 Å².